The number of likely N-dealkylation sites (N-methyl/N-ethyl adjacent to an activating group) is 1. The molecule has 0 radical (unpaired) electrons. The SMILES string of the molecule is CC1CN(C(=O)c2ccccc2)c2ccccc2N(CC(=O)N(C)Cc2ccccc2)C1=O. The molecule has 6 nitrogen and oxygen atoms in total. The average molecular weight is 442 g/mol. The molecule has 1 atom stereocenters. The first kappa shape index (κ1) is 22.3. The molecule has 0 fully saturated rings. The first-order valence-corrected chi connectivity index (χ1v) is 11.0. The molecular weight excluding hydrogens is 414 g/mol. The van der Waals surface area contributed by atoms with Crippen LogP contribution in [0.2, 0.25) is 0 Å². The summed E-state index contributed by atoms with van der Waals surface area (Å²) in [7, 11) is 1.73. The van der Waals surface area contributed by atoms with Crippen LogP contribution in [0.15, 0.2) is 84.9 Å². The molecule has 0 saturated heterocycles. The summed E-state index contributed by atoms with van der Waals surface area (Å²) in [6, 6.07) is 26.0. The van der Waals surface area contributed by atoms with Crippen LogP contribution >= 0.6 is 0 Å². The zero-order valence-corrected chi connectivity index (χ0v) is 18.8. The molecule has 3 amide bonds. The highest BCUT2D eigenvalue weighted by atomic mass is 16.2. The smallest absolute Gasteiger partial charge is 0.258 e. The molecular formula is C27H27N3O3. The number of carbonyl (C=O) groups excluding carboxylic acids is 3. The molecule has 0 N–H and O–H groups in total. The number of amides is 3. The second-order valence-corrected chi connectivity index (χ2v) is 8.33. The summed E-state index contributed by atoms with van der Waals surface area (Å²) in [5.74, 6) is -0.973. The number of fused-ring (bicyclic) bond motifs is 1. The van der Waals surface area contributed by atoms with Gasteiger partial charge in [-0.05, 0) is 29.8 Å². The highest BCUT2D eigenvalue weighted by Gasteiger charge is 2.35. The molecule has 3 aromatic rings. The number of para-hydroxylation sites is 2. The van der Waals surface area contributed by atoms with Gasteiger partial charge in [-0.15, -0.1) is 0 Å². The van der Waals surface area contributed by atoms with Crippen molar-refractivity contribution in [1.29, 1.82) is 0 Å². The molecule has 6 heteroatoms. The maximum Gasteiger partial charge on any atom is 0.258 e. The Balaban J connectivity index is 1.63. The highest BCUT2D eigenvalue weighted by Crippen LogP contribution is 2.35. The molecule has 4 rings (SSSR count). The van der Waals surface area contributed by atoms with E-state index in [0.717, 1.165) is 5.56 Å². The number of anilines is 2. The van der Waals surface area contributed by atoms with Crippen molar-refractivity contribution in [3.8, 4) is 0 Å². The Hall–Kier alpha value is -3.93. The number of hydrogen-bond acceptors (Lipinski definition) is 3. The largest absolute Gasteiger partial charge is 0.340 e. The fourth-order valence-electron chi connectivity index (χ4n) is 4.05. The summed E-state index contributed by atoms with van der Waals surface area (Å²) in [4.78, 5) is 44.5. The molecule has 0 aromatic heterocycles. The summed E-state index contributed by atoms with van der Waals surface area (Å²) in [5, 5.41) is 0. The monoisotopic (exact) mass is 441 g/mol. The summed E-state index contributed by atoms with van der Waals surface area (Å²) in [6.07, 6.45) is 0. The number of benzene rings is 3. The van der Waals surface area contributed by atoms with Crippen molar-refractivity contribution in [2.24, 2.45) is 5.92 Å². The lowest BCUT2D eigenvalue weighted by atomic mass is 10.1. The third-order valence-electron chi connectivity index (χ3n) is 5.85. The summed E-state index contributed by atoms with van der Waals surface area (Å²) < 4.78 is 0. The minimum Gasteiger partial charge on any atom is -0.340 e. The van der Waals surface area contributed by atoms with Crippen molar-refractivity contribution in [2.75, 3.05) is 29.9 Å². The van der Waals surface area contributed by atoms with Gasteiger partial charge in [0.1, 0.15) is 6.54 Å². The summed E-state index contributed by atoms with van der Waals surface area (Å²) >= 11 is 0. The van der Waals surface area contributed by atoms with E-state index >= 15 is 0 Å². The van der Waals surface area contributed by atoms with E-state index in [1.807, 2.05) is 66.7 Å². The van der Waals surface area contributed by atoms with Crippen LogP contribution in [-0.2, 0) is 16.1 Å². The zero-order chi connectivity index (χ0) is 23.4. The first-order valence-electron chi connectivity index (χ1n) is 11.0. The lowest BCUT2D eigenvalue weighted by molar-refractivity contribution is -0.131. The summed E-state index contributed by atoms with van der Waals surface area (Å²) in [6.45, 7) is 2.41. The van der Waals surface area contributed by atoms with Gasteiger partial charge in [0.05, 0.1) is 17.3 Å². The van der Waals surface area contributed by atoms with Gasteiger partial charge in [0.2, 0.25) is 11.8 Å². The van der Waals surface area contributed by atoms with Gasteiger partial charge in [-0.25, -0.2) is 0 Å². The predicted octanol–water partition coefficient (Wildman–Crippen LogP) is 3.97. The Bertz CT molecular complexity index is 1150. The van der Waals surface area contributed by atoms with E-state index in [1.165, 1.54) is 4.90 Å². The zero-order valence-electron chi connectivity index (χ0n) is 18.8. The van der Waals surface area contributed by atoms with Gasteiger partial charge < -0.3 is 14.7 Å². The quantitative estimate of drug-likeness (QED) is 0.602. The molecule has 168 valence electrons. The van der Waals surface area contributed by atoms with Crippen molar-refractivity contribution >= 4 is 29.1 Å². The van der Waals surface area contributed by atoms with Gasteiger partial charge >= 0.3 is 0 Å². The van der Waals surface area contributed by atoms with Crippen LogP contribution in [-0.4, -0.2) is 42.8 Å². The lowest BCUT2D eigenvalue weighted by Gasteiger charge is -2.27. The number of carbonyl (C=O) groups is 3. The predicted molar refractivity (Wildman–Crippen MR) is 129 cm³/mol. The molecule has 1 aliphatic heterocycles. The van der Waals surface area contributed by atoms with Gasteiger partial charge in [0.25, 0.3) is 5.91 Å². The van der Waals surface area contributed by atoms with Gasteiger partial charge in [-0.3, -0.25) is 14.4 Å². The molecule has 3 aromatic carbocycles. The maximum absolute atomic E-state index is 13.3. The Kier molecular flexibility index (Phi) is 6.54. The second kappa shape index (κ2) is 9.69. The van der Waals surface area contributed by atoms with Crippen LogP contribution in [0.4, 0.5) is 11.4 Å². The molecule has 33 heavy (non-hydrogen) atoms. The van der Waals surface area contributed by atoms with Crippen molar-refractivity contribution in [2.45, 2.75) is 13.5 Å². The Labute approximate surface area is 194 Å². The van der Waals surface area contributed by atoms with E-state index in [-0.39, 0.29) is 30.8 Å². The third-order valence-corrected chi connectivity index (χ3v) is 5.85. The van der Waals surface area contributed by atoms with Crippen molar-refractivity contribution in [1.82, 2.24) is 4.90 Å². The highest BCUT2D eigenvalue weighted by molar-refractivity contribution is 6.12. The maximum atomic E-state index is 13.3. The third kappa shape index (κ3) is 4.80. The van der Waals surface area contributed by atoms with Crippen LogP contribution in [0.5, 0.6) is 0 Å². The first-order chi connectivity index (χ1) is 16.0. The fraction of sp³-hybridized carbons (Fsp3) is 0.222. The van der Waals surface area contributed by atoms with Crippen LogP contribution in [0.1, 0.15) is 22.8 Å². The van der Waals surface area contributed by atoms with Crippen molar-refractivity contribution in [3.05, 3.63) is 96.1 Å². The van der Waals surface area contributed by atoms with E-state index in [2.05, 4.69) is 0 Å². The minimum atomic E-state index is -0.461. The van der Waals surface area contributed by atoms with E-state index in [0.29, 0.717) is 23.5 Å². The molecule has 1 aliphatic rings. The number of nitrogens with zero attached hydrogens (tertiary/aromatic N) is 3. The minimum absolute atomic E-state index is 0.0864. The van der Waals surface area contributed by atoms with Crippen LogP contribution in [0.3, 0.4) is 0 Å². The van der Waals surface area contributed by atoms with Crippen molar-refractivity contribution in [3.63, 3.8) is 0 Å². The molecule has 1 unspecified atom stereocenters. The van der Waals surface area contributed by atoms with E-state index < -0.39 is 5.92 Å². The normalized spacial score (nSPS) is 15.6. The van der Waals surface area contributed by atoms with Gasteiger partial charge in [-0.1, -0.05) is 67.6 Å². The van der Waals surface area contributed by atoms with Crippen molar-refractivity contribution < 1.29 is 14.4 Å². The van der Waals surface area contributed by atoms with Crippen LogP contribution in [0, 0.1) is 5.92 Å². The van der Waals surface area contributed by atoms with Gasteiger partial charge in [0.15, 0.2) is 0 Å². The van der Waals surface area contributed by atoms with Crippen LogP contribution < -0.4 is 9.80 Å². The molecule has 1 heterocycles. The average Bonchev–Trinajstić information content (AvgIpc) is 2.95. The van der Waals surface area contributed by atoms with E-state index in [9.17, 15) is 14.4 Å². The number of hydrogen-bond donors (Lipinski definition) is 0. The Morgan fingerprint density at radius 2 is 1.45 bits per heavy atom. The molecule has 0 spiro atoms. The molecule has 0 saturated carbocycles. The summed E-state index contributed by atoms with van der Waals surface area (Å²) in [5.41, 5.74) is 2.77. The van der Waals surface area contributed by atoms with Gasteiger partial charge in [-0.2, -0.15) is 0 Å². The van der Waals surface area contributed by atoms with Gasteiger partial charge in [0, 0.05) is 25.7 Å². The Morgan fingerprint density at radius 1 is 0.879 bits per heavy atom. The Morgan fingerprint density at radius 3 is 2.12 bits per heavy atom. The fourth-order valence-corrected chi connectivity index (χ4v) is 4.05. The lowest BCUT2D eigenvalue weighted by Crippen LogP contribution is -2.43. The molecule has 0 bridgehead atoms. The van der Waals surface area contributed by atoms with E-state index in [4.69, 9.17) is 0 Å². The topological polar surface area (TPSA) is 60.9 Å². The standard InChI is InChI=1S/C27H27N3O3/c1-20-17-29(27(33)22-13-7-4-8-14-22)23-15-9-10-16-24(23)30(26(20)32)19-25(31)28(2)18-21-11-5-3-6-12-21/h3-16,20H,17-19H2,1-2H3. The second-order valence-electron chi connectivity index (χ2n) is 8.33. The molecule has 0 aliphatic carbocycles. The van der Waals surface area contributed by atoms with E-state index in [1.54, 1.807) is 42.0 Å². The number of rotatable bonds is 5. The van der Waals surface area contributed by atoms with Crippen LogP contribution in [0.25, 0.3) is 0 Å².